The Labute approximate surface area is 219 Å². The van der Waals surface area contributed by atoms with Crippen LogP contribution in [0.1, 0.15) is 27.0 Å². The minimum atomic E-state index is -0.282. The van der Waals surface area contributed by atoms with Crippen molar-refractivity contribution in [3.63, 3.8) is 0 Å². The summed E-state index contributed by atoms with van der Waals surface area (Å²) in [5.41, 5.74) is 3.44. The van der Waals surface area contributed by atoms with Crippen LogP contribution in [0.3, 0.4) is 0 Å². The number of rotatable bonds is 10. The third-order valence-electron chi connectivity index (χ3n) is 5.55. The lowest BCUT2D eigenvalue weighted by atomic mass is 10.1. The van der Waals surface area contributed by atoms with Gasteiger partial charge in [-0.05, 0) is 72.3 Å². The van der Waals surface area contributed by atoms with E-state index in [1.807, 2.05) is 18.2 Å². The Hall–Kier alpha value is -4.24. The van der Waals surface area contributed by atoms with Gasteiger partial charge in [0.15, 0.2) is 5.78 Å². The second-order valence-corrected chi connectivity index (χ2v) is 8.36. The third kappa shape index (κ3) is 6.31. The minimum absolute atomic E-state index is 0.266. The first-order valence-corrected chi connectivity index (χ1v) is 11.7. The van der Waals surface area contributed by atoms with Crippen LogP contribution in [0.4, 0.5) is 23.0 Å². The first-order chi connectivity index (χ1) is 18.0. The SMILES string of the molecule is COc1cc(Nc2ncccc2C(=O)C=Cc2cccnc2Nc2ccc(Cl)cc2)cc(CO)c1CO. The van der Waals surface area contributed by atoms with Crippen molar-refractivity contribution in [1.82, 2.24) is 9.97 Å². The molecule has 0 aliphatic rings. The zero-order valence-corrected chi connectivity index (χ0v) is 20.7. The standard InChI is InChI=1S/C28H25ClN4O4/c1-37-26-15-22(14-19(16-34)24(26)17-35)33-28-23(5-3-13-31-28)25(36)11-6-18-4-2-12-30-27(18)32-21-9-7-20(29)8-10-21/h2-15,34-35H,16-17H2,1H3,(H,30,32)(H,31,33). The van der Waals surface area contributed by atoms with Gasteiger partial charge >= 0.3 is 0 Å². The van der Waals surface area contributed by atoms with Gasteiger partial charge in [-0.2, -0.15) is 0 Å². The van der Waals surface area contributed by atoms with E-state index < -0.39 is 0 Å². The van der Waals surface area contributed by atoms with Crippen LogP contribution in [0.25, 0.3) is 6.08 Å². The molecule has 37 heavy (non-hydrogen) atoms. The van der Waals surface area contributed by atoms with E-state index in [0.29, 0.717) is 44.8 Å². The van der Waals surface area contributed by atoms with Crippen LogP contribution < -0.4 is 15.4 Å². The minimum Gasteiger partial charge on any atom is -0.496 e. The van der Waals surface area contributed by atoms with Crippen molar-refractivity contribution < 1.29 is 19.7 Å². The number of ketones is 1. The predicted molar refractivity (Wildman–Crippen MR) is 145 cm³/mol. The molecule has 0 aliphatic heterocycles. The number of carbonyl (C=O) groups excluding carboxylic acids is 1. The number of nitrogens with one attached hydrogen (secondary N) is 2. The fraction of sp³-hybridized carbons (Fsp3) is 0.107. The number of pyridine rings is 2. The van der Waals surface area contributed by atoms with Gasteiger partial charge in [0.1, 0.15) is 17.4 Å². The number of aromatic nitrogens is 2. The predicted octanol–water partition coefficient (Wildman–Crippen LogP) is 5.51. The Morgan fingerprint density at radius 3 is 2.35 bits per heavy atom. The maximum atomic E-state index is 13.2. The number of carbonyl (C=O) groups is 1. The van der Waals surface area contributed by atoms with Crippen molar-refractivity contribution in [3.8, 4) is 5.75 Å². The monoisotopic (exact) mass is 516 g/mol. The summed E-state index contributed by atoms with van der Waals surface area (Å²) in [6.45, 7) is -0.559. The van der Waals surface area contributed by atoms with Gasteiger partial charge in [0.05, 0.1) is 25.9 Å². The zero-order valence-electron chi connectivity index (χ0n) is 20.0. The van der Waals surface area contributed by atoms with E-state index in [1.165, 1.54) is 13.2 Å². The molecular weight excluding hydrogens is 492 g/mol. The summed E-state index contributed by atoms with van der Waals surface area (Å²) in [4.78, 5) is 21.9. The number of nitrogens with zero attached hydrogens (tertiary/aromatic N) is 2. The molecule has 8 nitrogen and oxygen atoms in total. The number of anilines is 4. The lowest BCUT2D eigenvalue weighted by molar-refractivity contribution is 0.104. The normalized spacial score (nSPS) is 10.9. The Balaban J connectivity index is 1.58. The molecule has 4 rings (SSSR count). The number of benzene rings is 2. The van der Waals surface area contributed by atoms with Crippen molar-refractivity contribution in [2.75, 3.05) is 17.7 Å². The van der Waals surface area contributed by atoms with Gasteiger partial charge in [-0.25, -0.2) is 9.97 Å². The smallest absolute Gasteiger partial charge is 0.189 e. The summed E-state index contributed by atoms with van der Waals surface area (Å²) in [5, 5.41) is 26.3. The molecule has 4 aromatic rings. The average Bonchev–Trinajstić information content (AvgIpc) is 2.93. The molecule has 0 amide bonds. The third-order valence-corrected chi connectivity index (χ3v) is 5.80. The fourth-order valence-corrected chi connectivity index (χ4v) is 3.83. The number of methoxy groups -OCH3 is 1. The summed E-state index contributed by atoms with van der Waals surface area (Å²) >= 11 is 5.97. The van der Waals surface area contributed by atoms with Crippen LogP contribution in [0.15, 0.2) is 79.1 Å². The van der Waals surface area contributed by atoms with E-state index in [2.05, 4.69) is 20.6 Å². The van der Waals surface area contributed by atoms with Crippen molar-refractivity contribution in [3.05, 3.63) is 106 Å². The summed E-state index contributed by atoms with van der Waals surface area (Å²) in [6.07, 6.45) is 6.38. The van der Waals surface area contributed by atoms with Crippen LogP contribution in [0.5, 0.6) is 5.75 Å². The maximum absolute atomic E-state index is 13.2. The van der Waals surface area contributed by atoms with Gasteiger partial charge < -0.3 is 25.6 Å². The molecule has 0 radical (unpaired) electrons. The molecule has 0 saturated heterocycles. The topological polar surface area (TPSA) is 117 Å². The molecular formula is C28H25ClN4O4. The molecule has 9 heteroatoms. The van der Waals surface area contributed by atoms with E-state index in [0.717, 1.165) is 11.3 Å². The first-order valence-electron chi connectivity index (χ1n) is 11.4. The summed E-state index contributed by atoms with van der Waals surface area (Å²) in [7, 11) is 1.48. The van der Waals surface area contributed by atoms with E-state index in [9.17, 15) is 15.0 Å². The second kappa shape index (κ2) is 12.1. The van der Waals surface area contributed by atoms with Gasteiger partial charge in [0, 0.05) is 46.0 Å². The Kier molecular flexibility index (Phi) is 8.48. The van der Waals surface area contributed by atoms with Crippen molar-refractivity contribution >= 4 is 46.5 Å². The van der Waals surface area contributed by atoms with Gasteiger partial charge in [-0.15, -0.1) is 0 Å². The highest BCUT2D eigenvalue weighted by atomic mass is 35.5. The summed E-state index contributed by atoms with van der Waals surface area (Å²) < 4.78 is 5.35. The van der Waals surface area contributed by atoms with Crippen LogP contribution in [0, 0.1) is 0 Å². The Morgan fingerprint density at radius 1 is 0.946 bits per heavy atom. The molecule has 188 valence electrons. The van der Waals surface area contributed by atoms with Crippen LogP contribution in [0.2, 0.25) is 5.02 Å². The average molecular weight is 517 g/mol. The molecule has 0 aliphatic carbocycles. The Bertz CT molecular complexity index is 1400. The molecule has 2 aromatic heterocycles. The van der Waals surface area contributed by atoms with E-state index in [4.69, 9.17) is 16.3 Å². The van der Waals surface area contributed by atoms with E-state index in [-0.39, 0.29) is 19.0 Å². The van der Waals surface area contributed by atoms with Gasteiger partial charge in [0.2, 0.25) is 0 Å². The summed E-state index contributed by atoms with van der Waals surface area (Å²) in [5.74, 6) is 1.08. The quantitative estimate of drug-likeness (QED) is 0.161. The van der Waals surface area contributed by atoms with Gasteiger partial charge in [-0.1, -0.05) is 11.6 Å². The fourth-order valence-electron chi connectivity index (χ4n) is 3.70. The van der Waals surface area contributed by atoms with Crippen LogP contribution >= 0.6 is 11.6 Å². The molecule has 0 bridgehead atoms. The highest BCUT2D eigenvalue weighted by molar-refractivity contribution is 6.30. The maximum Gasteiger partial charge on any atom is 0.189 e. The lowest BCUT2D eigenvalue weighted by Crippen LogP contribution is -2.05. The highest BCUT2D eigenvalue weighted by Gasteiger charge is 2.14. The second-order valence-electron chi connectivity index (χ2n) is 7.93. The van der Waals surface area contributed by atoms with Crippen molar-refractivity contribution in [1.29, 1.82) is 0 Å². The number of aliphatic hydroxyl groups excluding tert-OH is 2. The number of allylic oxidation sites excluding steroid dienone is 1. The largest absolute Gasteiger partial charge is 0.496 e. The highest BCUT2D eigenvalue weighted by Crippen LogP contribution is 2.30. The molecule has 2 heterocycles. The van der Waals surface area contributed by atoms with Crippen LogP contribution in [-0.4, -0.2) is 33.1 Å². The van der Waals surface area contributed by atoms with Crippen molar-refractivity contribution in [2.45, 2.75) is 13.2 Å². The number of hydrogen-bond acceptors (Lipinski definition) is 8. The van der Waals surface area contributed by atoms with Crippen LogP contribution in [-0.2, 0) is 13.2 Å². The summed E-state index contributed by atoms with van der Waals surface area (Å²) in [6, 6.07) is 17.6. The zero-order chi connectivity index (χ0) is 26.2. The molecule has 0 spiro atoms. The number of halogens is 1. The molecule has 0 atom stereocenters. The van der Waals surface area contributed by atoms with Gasteiger partial charge in [-0.3, -0.25) is 4.79 Å². The molecule has 4 N–H and O–H groups in total. The number of aliphatic hydroxyl groups is 2. The lowest BCUT2D eigenvalue weighted by Gasteiger charge is -2.15. The molecule has 0 saturated carbocycles. The molecule has 2 aromatic carbocycles. The Morgan fingerprint density at radius 2 is 1.65 bits per heavy atom. The molecule has 0 unspecified atom stereocenters. The number of hydrogen-bond donors (Lipinski definition) is 4. The van der Waals surface area contributed by atoms with E-state index in [1.54, 1.807) is 60.9 Å². The van der Waals surface area contributed by atoms with Crippen molar-refractivity contribution in [2.24, 2.45) is 0 Å². The van der Waals surface area contributed by atoms with Gasteiger partial charge in [0.25, 0.3) is 0 Å². The first kappa shape index (κ1) is 25.8. The van der Waals surface area contributed by atoms with E-state index >= 15 is 0 Å². The molecule has 0 fully saturated rings. The number of ether oxygens (including phenoxy) is 1.